The molecule has 1 unspecified atom stereocenters. The van der Waals surface area contributed by atoms with Crippen LogP contribution in [0.3, 0.4) is 0 Å². The van der Waals surface area contributed by atoms with Crippen molar-refractivity contribution in [3.05, 3.63) is 33.9 Å². The van der Waals surface area contributed by atoms with Crippen LogP contribution >= 0.6 is 0 Å². The predicted molar refractivity (Wildman–Crippen MR) is 63.6 cm³/mol. The summed E-state index contributed by atoms with van der Waals surface area (Å²) < 4.78 is 0. The van der Waals surface area contributed by atoms with E-state index in [0.29, 0.717) is 17.3 Å². The largest absolute Gasteiger partial charge is 0.376 e. The van der Waals surface area contributed by atoms with Gasteiger partial charge in [-0.15, -0.1) is 0 Å². The van der Waals surface area contributed by atoms with E-state index in [-0.39, 0.29) is 16.0 Å². The molecule has 0 radical (unpaired) electrons. The summed E-state index contributed by atoms with van der Waals surface area (Å²) in [6, 6.07) is 5.74. The maximum absolute atomic E-state index is 11.0. The van der Waals surface area contributed by atoms with Gasteiger partial charge < -0.3 is 5.32 Å². The van der Waals surface area contributed by atoms with Gasteiger partial charge in [0.05, 0.1) is 4.92 Å². The zero-order chi connectivity index (χ0) is 11.9. The van der Waals surface area contributed by atoms with Crippen LogP contribution in [0.2, 0.25) is 0 Å². The molecule has 1 aromatic rings. The second-order valence-electron chi connectivity index (χ2n) is 5.12. The van der Waals surface area contributed by atoms with Crippen molar-refractivity contribution >= 4 is 11.4 Å². The molecule has 4 nitrogen and oxygen atoms in total. The highest BCUT2D eigenvalue weighted by atomic mass is 16.6. The van der Waals surface area contributed by atoms with Crippen molar-refractivity contribution in [1.29, 1.82) is 0 Å². The molecule has 0 amide bonds. The van der Waals surface area contributed by atoms with Crippen molar-refractivity contribution in [2.75, 3.05) is 5.32 Å². The smallest absolute Gasteiger partial charge is 0.295 e. The molecule has 0 aliphatic heterocycles. The van der Waals surface area contributed by atoms with E-state index in [1.165, 1.54) is 0 Å². The molecule has 1 N–H and O–H groups in total. The molecule has 0 bridgehead atoms. The molecular weight excluding hydrogens is 204 g/mol. The number of nitro groups is 1. The molecular formula is C12H16N2O2. The number of hydrogen-bond acceptors (Lipinski definition) is 3. The molecule has 0 heterocycles. The van der Waals surface area contributed by atoms with Crippen LogP contribution in [0.1, 0.15) is 25.8 Å². The average Bonchev–Trinajstić information content (AvgIpc) is 2.72. The summed E-state index contributed by atoms with van der Waals surface area (Å²) in [6.45, 7) is 6.08. The van der Waals surface area contributed by atoms with Crippen molar-refractivity contribution in [3.63, 3.8) is 0 Å². The van der Waals surface area contributed by atoms with E-state index in [9.17, 15) is 10.1 Å². The van der Waals surface area contributed by atoms with Gasteiger partial charge in [0.15, 0.2) is 0 Å². The number of nitro benzene ring substituents is 1. The van der Waals surface area contributed by atoms with Crippen LogP contribution in [0, 0.1) is 22.5 Å². The molecule has 1 aromatic carbocycles. The molecule has 0 saturated heterocycles. The van der Waals surface area contributed by atoms with Crippen molar-refractivity contribution in [3.8, 4) is 0 Å². The molecule has 4 heteroatoms. The lowest BCUT2D eigenvalue weighted by atomic mass is 10.1. The first-order valence-corrected chi connectivity index (χ1v) is 5.42. The van der Waals surface area contributed by atoms with Crippen LogP contribution in [0.25, 0.3) is 0 Å². The lowest BCUT2D eigenvalue weighted by Gasteiger charge is -2.09. The average molecular weight is 220 g/mol. The second kappa shape index (κ2) is 3.47. The fraction of sp³-hybridized carbons (Fsp3) is 0.500. The Bertz CT molecular complexity index is 441. The maximum Gasteiger partial charge on any atom is 0.295 e. The van der Waals surface area contributed by atoms with Crippen LogP contribution in [0.5, 0.6) is 0 Å². The van der Waals surface area contributed by atoms with Crippen LogP contribution in [-0.4, -0.2) is 11.0 Å². The number of hydrogen-bond donors (Lipinski definition) is 1. The Kier molecular flexibility index (Phi) is 2.37. The minimum absolute atomic E-state index is 0.199. The Hall–Kier alpha value is -1.58. The Morgan fingerprint density at radius 2 is 2.12 bits per heavy atom. The first-order chi connectivity index (χ1) is 7.42. The monoisotopic (exact) mass is 220 g/mol. The van der Waals surface area contributed by atoms with Crippen molar-refractivity contribution < 1.29 is 4.92 Å². The van der Waals surface area contributed by atoms with Gasteiger partial charge in [0.25, 0.3) is 5.69 Å². The molecule has 1 fully saturated rings. The van der Waals surface area contributed by atoms with Gasteiger partial charge in [0.2, 0.25) is 0 Å². The quantitative estimate of drug-likeness (QED) is 0.629. The number of para-hydroxylation sites is 1. The third-order valence-electron chi connectivity index (χ3n) is 3.26. The van der Waals surface area contributed by atoms with E-state index >= 15 is 0 Å². The van der Waals surface area contributed by atoms with E-state index < -0.39 is 0 Å². The Balaban J connectivity index is 2.27. The number of aryl methyl sites for hydroxylation is 1. The third-order valence-corrected chi connectivity index (χ3v) is 3.26. The summed E-state index contributed by atoms with van der Waals surface area (Å²) in [5, 5.41) is 14.2. The SMILES string of the molecule is Cc1cccc(NC2CC2(C)C)c1[N+](=O)[O-]. The van der Waals surface area contributed by atoms with Gasteiger partial charge in [-0.25, -0.2) is 0 Å². The molecule has 1 saturated carbocycles. The standard InChI is InChI=1S/C12H16N2O2/c1-8-5-4-6-9(11(8)14(15)16)13-10-7-12(10,2)3/h4-6,10,13H,7H2,1-3H3. The fourth-order valence-corrected chi connectivity index (χ4v) is 1.92. The van der Waals surface area contributed by atoms with Gasteiger partial charge >= 0.3 is 0 Å². The zero-order valence-corrected chi connectivity index (χ0v) is 9.78. The van der Waals surface area contributed by atoms with Gasteiger partial charge in [-0.3, -0.25) is 10.1 Å². The molecule has 2 rings (SSSR count). The van der Waals surface area contributed by atoms with Crippen molar-refractivity contribution in [2.45, 2.75) is 33.2 Å². The predicted octanol–water partition coefficient (Wildman–Crippen LogP) is 3.11. The lowest BCUT2D eigenvalue weighted by molar-refractivity contribution is -0.384. The van der Waals surface area contributed by atoms with E-state index in [4.69, 9.17) is 0 Å². The first-order valence-electron chi connectivity index (χ1n) is 5.42. The van der Waals surface area contributed by atoms with Gasteiger partial charge in [0, 0.05) is 11.6 Å². The summed E-state index contributed by atoms with van der Waals surface area (Å²) >= 11 is 0. The Labute approximate surface area is 94.8 Å². The first kappa shape index (κ1) is 10.9. The molecule has 86 valence electrons. The van der Waals surface area contributed by atoms with E-state index in [0.717, 1.165) is 6.42 Å². The fourth-order valence-electron chi connectivity index (χ4n) is 1.92. The van der Waals surface area contributed by atoms with E-state index in [1.807, 2.05) is 6.07 Å². The van der Waals surface area contributed by atoms with Gasteiger partial charge in [-0.05, 0) is 24.8 Å². The summed E-state index contributed by atoms with van der Waals surface area (Å²) in [6.07, 6.45) is 1.07. The van der Waals surface area contributed by atoms with Crippen LogP contribution in [0.15, 0.2) is 18.2 Å². The summed E-state index contributed by atoms with van der Waals surface area (Å²) in [5.41, 5.74) is 1.80. The molecule has 0 aromatic heterocycles. The van der Waals surface area contributed by atoms with Crippen LogP contribution in [0.4, 0.5) is 11.4 Å². The Morgan fingerprint density at radius 3 is 2.62 bits per heavy atom. The van der Waals surface area contributed by atoms with Crippen molar-refractivity contribution in [1.82, 2.24) is 0 Å². The topological polar surface area (TPSA) is 55.2 Å². The summed E-state index contributed by atoms with van der Waals surface area (Å²) in [5.74, 6) is 0. The molecule has 1 aliphatic carbocycles. The van der Waals surface area contributed by atoms with Gasteiger partial charge in [0.1, 0.15) is 5.69 Å². The summed E-state index contributed by atoms with van der Waals surface area (Å²) in [4.78, 5) is 10.7. The molecule has 0 spiro atoms. The molecule has 1 aliphatic rings. The number of rotatable bonds is 3. The minimum Gasteiger partial charge on any atom is -0.376 e. The van der Waals surface area contributed by atoms with E-state index in [1.54, 1.807) is 19.1 Å². The van der Waals surface area contributed by atoms with Crippen molar-refractivity contribution in [2.24, 2.45) is 5.41 Å². The second-order valence-corrected chi connectivity index (χ2v) is 5.12. The summed E-state index contributed by atoms with van der Waals surface area (Å²) in [7, 11) is 0. The normalized spacial score (nSPS) is 21.6. The maximum atomic E-state index is 11.0. The number of nitrogens with one attached hydrogen (secondary N) is 1. The number of anilines is 1. The van der Waals surface area contributed by atoms with E-state index in [2.05, 4.69) is 19.2 Å². The van der Waals surface area contributed by atoms with Crippen LogP contribution in [-0.2, 0) is 0 Å². The highest BCUT2D eigenvalue weighted by Gasteiger charge is 2.46. The zero-order valence-electron chi connectivity index (χ0n) is 9.78. The van der Waals surface area contributed by atoms with Gasteiger partial charge in [-0.1, -0.05) is 26.0 Å². The molecule has 1 atom stereocenters. The van der Waals surface area contributed by atoms with Crippen LogP contribution < -0.4 is 5.32 Å². The third kappa shape index (κ3) is 1.87. The molecule has 16 heavy (non-hydrogen) atoms. The highest BCUT2D eigenvalue weighted by molar-refractivity contribution is 5.66. The lowest BCUT2D eigenvalue weighted by Crippen LogP contribution is -2.10. The highest BCUT2D eigenvalue weighted by Crippen LogP contribution is 2.47. The number of nitrogens with zero attached hydrogens (tertiary/aromatic N) is 1. The Morgan fingerprint density at radius 1 is 1.50 bits per heavy atom. The minimum atomic E-state index is -0.312. The number of benzene rings is 1. The van der Waals surface area contributed by atoms with Gasteiger partial charge in [-0.2, -0.15) is 0 Å².